The Bertz CT molecular complexity index is 670. The first kappa shape index (κ1) is 16.1. The Morgan fingerprint density at radius 1 is 1.32 bits per heavy atom. The van der Waals surface area contributed by atoms with E-state index in [4.69, 9.17) is 4.74 Å². The third-order valence-electron chi connectivity index (χ3n) is 2.75. The Labute approximate surface area is 132 Å². The summed E-state index contributed by atoms with van der Waals surface area (Å²) in [6, 6.07) is 5.86. The molecule has 22 heavy (non-hydrogen) atoms. The van der Waals surface area contributed by atoms with Crippen LogP contribution >= 0.6 is 11.3 Å². The maximum atomic E-state index is 11.8. The third-order valence-corrected chi connectivity index (χ3v) is 3.51. The van der Waals surface area contributed by atoms with Crippen molar-refractivity contribution in [3.8, 4) is 0 Å². The van der Waals surface area contributed by atoms with E-state index in [-0.39, 0.29) is 11.6 Å². The highest BCUT2D eigenvalue weighted by Gasteiger charge is 2.12. The molecule has 0 atom stereocenters. The van der Waals surface area contributed by atoms with Crippen LogP contribution < -0.4 is 5.32 Å². The van der Waals surface area contributed by atoms with E-state index in [9.17, 15) is 9.59 Å². The van der Waals surface area contributed by atoms with E-state index in [1.807, 2.05) is 25.1 Å². The Hall–Kier alpha value is -2.28. The molecule has 0 saturated carbocycles. The highest BCUT2D eigenvalue weighted by molar-refractivity contribution is 7.14. The third kappa shape index (κ3) is 4.92. The molecule has 0 unspecified atom stereocenters. The monoisotopic (exact) mass is 319 g/mol. The molecule has 0 aliphatic rings. The van der Waals surface area contributed by atoms with Gasteiger partial charge in [-0.1, -0.05) is 6.07 Å². The van der Waals surface area contributed by atoms with Crippen LogP contribution in [-0.4, -0.2) is 28.5 Å². The number of nitrogens with one attached hydrogen (secondary N) is 1. The summed E-state index contributed by atoms with van der Waals surface area (Å²) in [5, 5.41) is 4.48. The van der Waals surface area contributed by atoms with Gasteiger partial charge >= 0.3 is 5.97 Å². The van der Waals surface area contributed by atoms with Gasteiger partial charge in [0.05, 0.1) is 6.61 Å². The van der Waals surface area contributed by atoms with Crippen molar-refractivity contribution in [3.05, 3.63) is 40.7 Å². The lowest BCUT2D eigenvalue weighted by Gasteiger charge is -2.03. The maximum Gasteiger partial charge on any atom is 0.357 e. The van der Waals surface area contributed by atoms with Gasteiger partial charge in [-0.25, -0.2) is 9.78 Å². The molecule has 2 rings (SSSR count). The smallest absolute Gasteiger partial charge is 0.357 e. The summed E-state index contributed by atoms with van der Waals surface area (Å²) in [4.78, 5) is 31.1. The molecule has 0 aromatic carbocycles. The van der Waals surface area contributed by atoms with Gasteiger partial charge in [-0.05, 0) is 31.9 Å². The van der Waals surface area contributed by atoms with E-state index in [1.54, 1.807) is 5.38 Å². The number of carbonyl (C=O) groups excluding carboxylic acids is 2. The normalized spacial score (nSPS) is 10.3. The summed E-state index contributed by atoms with van der Waals surface area (Å²) in [5.74, 6) is -0.704. The van der Waals surface area contributed by atoms with Crippen molar-refractivity contribution in [2.24, 2.45) is 0 Å². The quantitative estimate of drug-likeness (QED) is 0.654. The predicted molar refractivity (Wildman–Crippen MR) is 84.0 cm³/mol. The first-order chi connectivity index (χ1) is 10.5. The Morgan fingerprint density at radius 3 is 2.86 bits per heavy atom. The number of aromatic nitrogens is 2. The highest BCUT2D eigenvalue weighted by Crippen LogP contribution is 2.16. The van der Waals surface area contributed by atoms with Gasteiger partial charge in [0.1, 0.15) is 0 Å². The van der Waals surface area contributed by atoms with Gasteiger partial charge in [0.25, 0.3) is 0 Å². The predicted octanol–water partition coefficient (Wildman–Crippen LogP) is 2.59. The zero-order valence-corrected chi connectivity index (χ0v) is 13.3. The molecule has 0 bridgehead atoms. The molecule has 2 heterocycles. The fourth-order valence-corrected chi connectivity index (χ4v) is 2.53. The molecule has 1 amide bonds. The van der Waals surface area contributed by atoms with Gasteiger partial charge in [-0.15, -0.1) is 11.3 Å². The van der Waals surface area contributed by atoms with Gasteiger partial charge in [-0.3, -0.25) is 9.78 Å². The number of thiazole rings is 1. The van der Waals surface area contributed by atoms with Crippen LogP contribution in [0.25, 0.3) is 0 Å². The zero-order chi connectivity index (χ0) is 15.9. The van der Waals surface area contributed by atoms with Crippen LogP contribution in [0.4, 0.5) is 5.13 Å². The summed E-state index contributed by atoms with van der Waals surface area (Å²) in [5.41, 5.74) is 2.17. The molecule has 0 fully saturated rings. The van der Waals surface area contributed by atoms with Crippen molar-refractivity contribution in [1.29, 1.82) is 0 Å². The fraction of sp³-hybridized carbons (Fsp3) is 0.333. The SMILES string of the molecule is CC(=O)Nc1nc(C(=O)OCCCc2cccc(C)n2)cs1. The topological polar surface area (TPSA) is 81.2 Å². The maximum absolute atomic E-state index is 11.8. The van der Waals surface area contributed by atoms with E-state index in [2.05, 4.69) is 15.3 Å². The molecule has 0 aliphatic carbocycles. The molecule has 0 saturated heterocycles. The second kappa shape index (κ2) is 7.65. The van der Waals surface area contributed by atoms with Crippen molar-refractivity contribution < 1.29 is 14.3 Å². The molecule has 0 radical (unpaired) electrons. The summed E-state index contributed by atoms with van der Waals surface area (Å²) >= 11 is 1.19. The van der Waals surface area contributed by atoms with Crippen molar-refractivity contribution in [3.63, 3.8) is 0 Å². The molecule has 7 heteroatoms. The minimum Gasteiger partial charge on any atom is -0.461 e. The van der Waals surface area contributed by atoms with Gasteiger partial charge in [0.2, 0.25) is 5.91 Å². The molecule has 1 N–H and O–H groups in total. The number of carbonyl (C=O) groups is 2. The number of hydrogen-bond acceptors (Lipinski definition) is 6. The van der Waals surface area contributed by atoms with E-state index in [1.165, 1.54) is 18.3 Å². The van der Waals surface area contributed by atoms with Crippen LogP contribution in [0.1, 0.15) is 35.2 Å². The van der Waals surface area contributed by atoms with E-state index in [0.29, 0.717) is 18.2 Å². The number of pyridine rings is 1. The van der Waals surface area contributed by atoms with Gasteiger partial charge in [-0.2, -0.15) is 0 Å². The molecule has 2 aromatic heterocycles. The van der Waals surface area contributed by atoms with E-state index >= 15 is 0 Å². The first-order valence-corrected chi connectivity index (χ1v) is 7.75. The number of hydrogen-bond donors (Lipinski definition) is 1. The minimum atomic E-state index is -0.481. The summed E-state index contributed by atoms with van der Waals surface area (Å²) in [7, 11) is 0. The number of ether oxygens (including phenoxy) is 1. The first-order valence-electron chi connectivity index (χ1n) is 6.87. The lowest BCUT2D eigenvalue weighted by molar-refractivity contribution is -0.114. The molecule has 0 aliphatic heterocycles. The number of amides is 1. The van der Waals surface area contributed by atoms with Crippen LogP contribution in [-0.2, 0) is 16.0 Å². The van der Waals surface area contributed by atoms with Crippen LogP contribution in [0, 0.1) is 6.92 Å². The average Bonchev–Trinajstić information content (AvgIpc) is 2.91. The second-order valence-corrected chi connectivity index (χ2v) is 5.59. The number of rotatable bonds is 6. The number of nitrogens with zero attached hydrogens (tertiary/aromatic N) is 2. The second-order valence-electron chi connectivity index (χ2n) is 4.73. The van der Waals surface area contributed by atoms with Crippen LogP contribution in [0.2, 0.25) is 0 Å². The molecule has 6 nitrogen and oxygen atoms in total. The average molecular weight is 319 g/mol. The lowest BCUT2D eigenvalue weighted by Crippen LogP contribution is -2.09. The van der Waals surface area contributed by atoms with E-state index < -0.39 is 5.97 Å². The minimum absolute atomic E-state index is 0.211. The van der Waals surface area contributed by atoms with Crippen molar-refractivity contribution in [1.82, 2.24) is 9.97 Å². The van der Waals surface area contributed by atoms with Crippen LogP contribution in [0.3, 0.4) is 0 Å². The zero-order valence-electron chi connectivity index (χ0n) is 12.5. The number of esters is 1. The standard InChI is InChI=1S/C15H17N3O3S/c1-10-5-3-6-12(16-10)7-4-8-21-14(20)13-9-22-15(18-13)17-11(2)19/h3,5-6,9H,4,7-8H2,1-2H3,(H,17,18,19). The molecule has 0 spiro atoms. The van der Waals surface area contributed by atoms with Crippen molar-refractivity contribution in [2.45, 2.75) is 26.7 Å². The van der Waals surface area contributed by atoms with Crippen LogP contribution in [0.15, 0.2) is 23.6 Å². The molecule has 2 aromatic rings. The molecule has 116 valence electrons. The summed E-state index contributed by atoms with van der Waals surface area (Å²) in [6.07, 6.45) is 1.45. The number of aryl methyl sites for hydroxylation is 2. The molecular weight excluding hydrogens is 302 g/mol. The van der Waals surface area contributed by atoms with Crippen LogP contribution in [0.5, 0.6) is 0 Å². The fourth-order valence-electron chi connectivity index (χ4n) is 1.81. The van der Waals surface area contributed by atoms with Crippen molar-refractivity contribution in [2.75, 3.05) is 11.9 Å². The lowest BCUT2D eigenvalue weighted by atomic mass is 10.2. The largest absolute Gasteiger partial charge is 0.461 e. The van der Waals surface area contributed by atoms with Gasteiger partial charge < -0.3 is 10.1 Å². The Kier molecular flexibility index (Phi) is 5.60. The van der Waals surface area contributed by atoms with Gasteiger partial charge in [0, 0.05) is 23.7 Å². The van der Waals surface area contributed by atoms with Gasteiger partial charge in [0.15, 0.2) is 10.8 Å². The summed E-state index contributed by atoms with van der Waals surface area (Å²) < 4.78 is 5.16. The highest BCUT2D eigenvalue weighted by atomic mass is 32.1. The Morgan fingerprint density at radius 2 is 2.14 bits per heavy atom. The van der Waals surface area contributed by atoms with Crippen molar-refractivity contribution >= 4 is 28.3 Å². The number of anilines is 1. The molecular formula is C15H17N3O3S. The Balaban J connectivity index is 1.75. The summed E-state index contributed by atoms with van der Waals surface area (Å²) in [6.45, 7) is 3.64. The van der Waals surface area contributed by atoms with E-state index in [0.717, 1.165) is 17.8 Å².